The molecule has 3 aromatic carbocycles. The van der Waals surface area contributed by atoms with Crippen molar-refractivity contribution >= 4 is 54.9 Å². The standard InChI is InChI=1S/C20H15BrClNO4S/c1-13-2-9-17(10-3-13)28(26,27)23(16-7-5-15(22)6-8-16)19-11-4-14(21)12-18(19)20(24)25/h2-12H,1H3,(H,24,25). The Hall–Kier alpha value is -2.35. The largest absolute Gasteiger partial charge is 0.478 e. The number of carboxylic acids is 1. The predicted molar refractivity (Wildman–Crippen MR) is 113 cm³/mol. The Bertz CT molecular complexity index is 1130. The van der Waals surface area contributed by atoms with Crippen molar-refractivity contribution in [2.24, 2.45) is 0 Å². The molecule has 0 atom stereocenters. The number of aryl methyl sites for hydroxylation is 1. The molecular weight excluding hydrogens is 466 g/mol. The zero-order valence-electron chi connectivity index (χ0n) is 14.6. The van der Waals surface area contributed by atoms with E-state index in [9.17, 15) is 18.3 Å². The number of carboxylic acid groups (broad SMARTS) is 1. The molecule has 0 amide bonds. The quantitative estimate of drug-likeness (QED) is 0.513. The predicted octanol–water partition coefficient (Wildman–Crippen LogP) is 5.64. The number of hydrogen-bond donors (Lipinski definition) is 1. The molecule has 3 rings (SSSR count). The van der Waals surface area contributed by atoms with Crippen molar-refractivity contribution in [2.45, 2.75) is 11.8 Å². The van der Waals surface area contributed by atoms with Crippen molar-refractivity contribution in [3.8, 4) is 0 Å². The SMILES string of the molecule is Cc1ccc(S(=O)(=O)N(c2ccc(Cl)cc2)c2ccc(Br)cc2C(=O)O)cc1. The van der Waals surface area contributed by atoms with E-state index in [0.717, 1.165) is 9.87 Å². The molecule has 0 aliphatic heterocycles. The molecule has 0 radical (unpaired) electrons. The van der Waals surface area contributed by atoms with E-state index < -0.39 is 16.0 Å². The normalized spacial score (nSPS) is 11.2. The van der Waals surface area contributed by atoms with E-state index in [1.165, 1.54) is 36.4 Å². The van der Waals surface area contributed by atoms with Gasteiger partial charge in [-0.05, 0) is 61.5 Å². The molecule has 0 heterocycles. The molecule has 8 heteroatoms. The van der Waals surface area contributed by atoms with Gasteiger partial charge < -0.3 is 5.11 Å². The molecule has 144 valence electrons. The third-order valence-corrected chi connectivity index (χ3v) is 6.53. The monoisotopic (exact) mass is 479 g/mol. The van der Waals surface area contributed by atoms with Gasteiger partial charge in [-0.15, -0.1) is 0 Å². The van der Waals surface area contributed by atoms with Gasteiger partial charge in [0.15, 0.2) is 0 Å². The van der Waals surface area contributed by atoms with Crippen LogP contribution in [0.4, 0.5) is 11.4 Å². The molecule has 1 N–H and O–H groups in total. The summed E-state index contributed by atoms with van der Waals surface area (Å²) in [5, 5.41) is 10.1. The zero-order valence-corrected chi connectivity index (χ0v) is 17.8. The van der Waals surface area contributed by atoms with Crippen molar-refractivity contribution < 1.29 is 18.3 Å². The number of sulfonamides is 1. The van der Waals surface area contributed by atoms with Crippen LogP contribution in [-0.4, -0.2) is 19.5 Å². The lowest BCUT2D eigenvalue weighted by Gasteiger charge is -2.26. The van der Waals surface area contributed by atoms with Gasteiger partial charge in [0.1, 0.15) is 0 Å². The Labute approximate surface area is 176 Å². The Morgan fingerprint density at radius 3 is 2.18 bits per heavy atom. The van der Waals surface area contributed by atoms with Crippen LogP contribution in [0.5, 0.6) is 0 Å². The third-order valence-electron chi connectivity index (χ3n) is 4.03. The maximum atomic E-state index is 13.5. The molecule has 0 unspecified atom stereocenters. The molecule has 0 aliphatic carbocycles. The minimum absolute atomic E-state index is 0.0265. The van der Waals surface area contributed by atoms with Crippen LogP contribution in [0.3, 0.4) is 0 Å². The second-order valence-electron chi connectivity index (χ2n) is 6.03. The number of carbonyl (C=O) groups is 1. The number of rotatable bonds is 5. The zero-order chi connectivity index (χ0) is 20.5. The summed E-state index contributed by atoms with van der Waals surface area (Å²) < 4.78 is 28.5. The van der Waals surface area contributed by atoms with Gasteiger partial charge in [0.2, 0.25) is 0 Å². The first-order valence-corrected chi connectivity index (χ1v) is 10.7. The Morgan fingerprint density at radius 1 is 1.00 bits per heavy atom. The number of benzene rings is 3. The van der Waals surface area contributed by atoms with E-state index in [1.807, 2.05) is 6.92 Å². The highest BCUT2D eigenvalue weighted by Crippen LogP contribution is 2.36. The third kappa shape index (κ3) is 4.06. The van der Waals surface area contributed by atoms with Crippen molar-refractivity contribution in [3.05, 3.63) is 87.4 Å². The van der Waals surface area contributed by atoms with Crippen molar-refractivity contribution in [1.82, 2.24) is 0 Å². The molecular formula is C20H15BrClNO4S. The first kappa shape index (κ1) is 20.4. The topological polar surface area (TPSA) is 74.7 Å². The Kier molecular flexibility index (Phi) is 5.79. The minimum Gasteiger partial charge on any atom is -0.478 e. The molecule has 0 aliphatic rings. The fraction of sp³-hybridized carbons (Fsp3) is 0.0500. The van der Waals surface area contributed by atoms with Gasteiger partial charge in [-0.25, -0.2) is 17.5 Å². The van der Waals surface area contributed by atoms with Crippen LogP contribution in [0.25, 0.3) is 0 Å². The van der Waals surface area contributed by atoms with Gasteiger partial charge in [0.05, 0.1) is 21.8 Å². The lowest BCUT2D eigenvalue weighted by molar-refractivity contribution is 0.0698. The second kappa shape index (κ2) is 7.95. The van der Waals surface area contributed by atoms with Gasteiger partial charge in [0, 0.05) is 9.50 Å². The molecule has 0 saturated carbocycles. The number of halogens is 2. The van der Waals surface area contributed by atoms with Crippen molar-refractivity contribution in [1.29, 1.82) is 0 Å². The van der Waals surface area contributed by atoms with Gasteiger partial charge in [-0.2, -0.15) is 0 Å². The van der Waals surface area contributed by atoms with Crippen LogP contribution in [0, 0.1) is 6.92 Å². The first-order chi connectivity index (χ1) is 13.2. The van der Waals surface area contributed by atoms with Crippen LogP contribution in [0.15, 0.2) is 76.1 Å². The van der Waals surface area contributed by atoms with E-state index in [-0.39, 0.29) is 21.8 Å². The molecule has 0 fully saturated rings. The fourth-order valence-electron chi connectivity index (χ4n) is 2.66. The summed E-state index contributed by atoms with van der Waals surface area (Å²) in [4.78, 5) is 11.9. The molecule has 0 bridgehead atoms. The van der Waals surface area contributed by atoms with Crippen LogP contribution >= 0.6 is 27.5 Å². The second-order valence-corrected chi connectivity index (χ2v) is 9.16. The fourth-order valence-corrected chi connectivity index (χ4v) is 4.65. The summed E-state index contributed by atoms with van der Waals surface area (Å²) in [6.45, 7) is 1.85. The van der Waals surface area contributed by atoms with Gasteiger partial charge >= 0.3 is 5.97 Å². The van der Waals surface area contributed by atoms with E-state index in [1.54, 1.807) is 30.3 Å². The molecule has 0 aromatic heterocycles. The summed E-state index contributed by atoms with van der Waals surface area (Å²) in [5.41, 5.74) is 1.06. The summed E-state index contributed by atoms with van der Waals surface area (Å²) in [7, 11) is -4.09. The van der Waals surface area contributed by atoms with E-state index >= 15 is 0 Å². The minimum atomic E-state index is -4.09. The van der Waals surface area contributed by atoms with Crippen LogP contribution in [0.2, 0.25) is 5.02 Å². The maximum absolute atomic E-state index is 13.5. The molecule has 3 aromatic rings. The Morgan fingerprint density at radius 2 is 1.61 bits per heavy atom. The number of aromatic carboxylic acids is 1. The highest BCUT2D eigenvalue weighted by atomic mass is 79.9. The highest BCUT2D eigenvalue weighted by molar-refractivity contribution is 9.10. The molecule has 0 saturated heterocycles. The van der Waals surface area contributed by atoms with E-state index in [4.69, 9.17) is 11.6 Å². The number of hydrogen-bond acceptors (Lipinski definition) is 3. The lowest BCUT2D eigenvalue weighted by atomic mass is 10.1. The number of anilines is 2. The van der Waals surface area contributed by atoms with Crippen molar-refractivity contribution in [3.63, 3.8) is 0 Å². The molecule has 0 spiro atoms. The van der Waals surface area contributed by atoms with Gasteiger partial charge in [-0.3, -0.25) is 0 Å². The average molecular weight is 481 g/mol. The Balaban J connectivity index is 2.29. The average Bonchev–Trinajstić information content (AvgIpc) is 2.64. The molecule has 28 heavy (non-hydrogen) atoms. The highest BCUT2D eigenvalue weighted by Gasteiger charge is 2.30. The lowest BCUT2D eigenvalue weighted by Crippen LogP contribution is -2.28. The summed E-state index contributed by atoms with van der Waals surface area (Å²) in [6.07, 6.45) is 0. The van der Waals surface area contributed by atoms with Gasteiger partial charge in [0.25, 0.3) is 10.0 Å². The summed E-state index contributed by atoms with van der Waals surface area (Å²) in [6, 6.07) is 16.9. The first-order valence-electron chi connectivity index (χ1n) is 8.10. The maximum Gasteiger partial charge on any atom is 0.337 e. The summed E-state index contributed by atoms with van der Waals surface area (Å²) >= 11 is 9.18. The van der Waals surface area contributed by atoms with Crippen molar-refractivity contribution in [2.75, 3.05) is 4.31 Å². The van der Waals surface area contributed by atoms with Crippen LogP contribution in [-0.2, 0) is 10.0 Å². The van der Waals surface area contributed by atoms with E-state index in [2.05, 4.69) is 15.9 Å². The smallest absolute Gasteiger partial charge is 0.337 e. The van der Waals surface area contributed by atoms with Crippen LogP contribution in [0.1, 0.15) is 15.9 Å². The van der Waals surface area contributed by atoms with Gasteiger partial charge in [-0.1, -0.05) is 45.2 Å². The van der Waals surface area contributed by atoms with E-state index in [0.29, 0.717) is 9.50 Å². The van der Waals surface area contributed by atoms with Crippen LogP contribution < -0.4 is 4.31 Å². The number of nitrogens with zero attached hydrogens (tertiary/aromatic N) is 1. The molecule has 5 nitrogen and oxygen atoms in total. The summed E-state index contributed by atoms with van der Waals surface area (Å²) in [5.74, 6) is -1.24.